The van der Waals surface area contributed by atoms with Crippen molar-refractivity contribution in [3.05, 3.63) is 29.0 Å². The number of aryl methyl sites for hydroxylation is 3. The molecule has 1 heterocycles. The maximum Gasteiger partial charge on any atom is 0.195 e. The molecule has 1 aromatic heterocycles. The molecular formula is C13H15NO2S. The second-order valence-electron chi connectivity index (χ2n) is 4.05. The minimum atomic E-state index is 0.283. The fourth-order valence-corrected chi connectivity index (χ4v) is 2.70. The molecule has 3 nitrogen and oxygen atoms in total. The second-order valence-corrected chi connectivity index (χ2v) is 5.03. The van der Waals surface area contributed by atoms with Gasteiger partial charge in [0.05, 0.1) is 12.8 Å². The molecule has 0 aliphatic rings. The normalized spacial score (nSPS) is 10.6. The van der Waals surface area contributed by atoms with E-state index in [0.717, 1.165) is 27.4 Å². The van der Waals surface area contributed by atoms with Gasteiger partial charge in [-0.3, -0.25) is 0 Å². The molecule has 0 aliphatic heterocycles. The monoisotopic (exact) mass is 249 g/mol. The Morgan fingerprint density at radius 2 is 1.76 bits per heavy atom. The number of rotatable bonds is 2. The standard InChI is InChI=1S/C13H15NO2S/c1-7-5-10(6-8(2)11(7)16-4)12-14-9(3)13(15)17-12/h5-6,15H,1-4H3. The Balaban J connectivity index is 2.54. The van der Waals surface area contributed by atoms with Gasteiger partial charge in [0.25, 0.3) is 0 Å². The van der Waals surface area contributed by atoms with Crippen molar-refractivity contribution in [3.63, 3.8) is 0 Å². The Bertz CT molecular complexity index is 518. The predicted molar refractivity (Wildman–Crippen MR) is 70.0 cm³/mol. The van der Waals surface area contributed by atoms with Crippen LogP contribution < -0.4 is 4.74 Å². The highest BCUT2D eigenvalue weighted by Gasteiger charge is 2.11. The molecule has 90 valence electrons. The van der Waals surface area contributed by atoms with Gasteiger partial charge in [0.1, 0.15) is 10.8 Å². The molecule has 0 amide bonds. The van der Waals surface area contributed by atoms with E-state index in [-0.39, 0.29) is 5.06 Å². The first-order valence-corrected chi connectivity index (χ1v) is 6.16. The summed E-state index contributed by atoms with van der Waals surface area (Å²) in [6, 6.07) is 4.06. The number of aromatic nitrogens is 1. The zero-order valence-electron chi connectivity index (χ0n) is 10.4. The molecule has 17 heavy (non-hydrogen) atoms. The van der Waals surface area contributed by atoms with Crippen LogP contribution in [-0.2, 0) is 0 Å². The maximum atomic E-state index is 9.57. The zero-order chi connectivity index (χ0) is 12.6. The lowest BCUT2D eigenvalue weighted by atomic mass is 10.1. The van der Waals surface area contributed by atoms with Crippen LogP contribution in [0, 0.1) is 20.8 Å². The van der Waals surface area contributed by atoms with Gasteiger partial charge in [0.2, 0.25) is 0 Å². The van der Waals surface area contributed by atoms with Gasteiger partial charge in [-0.15, -0.1) is 0 Å². The third-order valence-electron chi connectivity index (χ3n) is 2.68. The molecule has 1 N–H and O–H groups in total. The lowest BCUT2D eigenvalue weighted by Crippen LogP contribution is -1.92. The van der Waals surface area contributed by atoms with E-state index in [1.807, 2.05) is 26.0 Å². The number of methoxy groups -OCH3 is 1. The van der Waals surface area contributed by atoms with Gasteiger partial charge < -0.3 is 9.84 Å². The molecule has 0 atom stereocenters. The summed E-state index contributed by atoms with van der Waals surface area (Å²) in [6.07, 6.45) is 0. The van der Waals surface area contributed by atoms with E-state index in [1.54, 1.807) is 14.0 Å². The molecule has 0 saturated carbocycles. The van der Waals surface area contributed by atoms with Crippen molar-refractivity contribution in [3.8, 4) is 21.4 Å². The van der Waals surface area contributed by atoms with Gasteiger partial charge in [-0.1, -0.05) is 11.3 Å². The summed E-state index contributed by atoms with van der Waals surface area (Å²) in [7, 11) is 1.67. The van der Waals surface area contributed by atoms with Crippen molar-refractivity contribution >= 4 is 11.3 Å². The highest BCUT2D eigenvalue weighted by molar-refractivity contribution is 7.16. The lowest BCUT2D eigenvalue weighted by Gasteiger charge is -2.09. The van der Waals surface area contributed by atoms with Gasteiger partial charge >= 0.3 is 0 Å². The molecule has 0 saturated heterocycles. The fraction of sp³-hybridized carbons (Fsp3) is 0.308. The van der Waals surface area contributed by atoms with Gasteiger partial charge in [-0.25, -0.2) is 4.98 Å². The first-order valence-electron chi connectivity index (χ1n) is 5.35. The lowest BCUT2D eigenvalue weighted by molar-refractivity contribution is 0.408. The van der Waals surface area contributed by atoms with Crippen LogP contribution in [0.5, 0.6) is 10.8 Å². The number of hydrogen-bond donors (Lipinski definition) is 1. The van der Waals surface area contributed by atoms with Gasteiger partial charge in [0.15, 0.2) is 5.06 Å². The summed E-state index contributed by atoms with van der Waals surface area (Å²) in [5.41, 5.74) is 3.86. The minimum Gasteiger partial charge on any atom is -0.498 e. The Kier molecular flexibility index (Phi) is 3.07. The number of nitrogens with zero attached hydrogens (tertiary/aromatic N) is 1. The van der Waals surface area contributed by atoms with Crippen molar-refractivity contribution < 1.29 is 9.84 Å². The Hall–Kier alpha value is -1.55. The van der Waals surface area contributed by atoms with E-state index in [9.17, 15) is 5.11 Å². The van der Waals surface area contributed by atoms with E-state index in [4.69, 9.17) is 4.74 Å². The average Bonchev–Trinajstić information content (AvgIpc) is 2.59. The molecular weight excluding hydrogens is 234 g/mol. The number of benzene rings is 1. The highest BCUT2D eigenvalue weighted by atomic mass is 32.1. The Morgan fingerprint density at radius 3 is 2.18 bits per heavy atom. The minimum absolute atomic E-state index is 0.283. The summed E-state index contributed by atoms with van der Waals surface area (Å²) in [5, 5.41) is 10.7. The van der Waals surface area contributed by atoms with Crippen LogP contribution in [0.1, 0.15) is 16.8 Å². The number of hydrogen-bond acceptors (Lipinski definition) is 4. The smallest absolute Gasteiger partial charge is 0.195 e. The van der Waals surface area contributed by atoms with Crippen LogP contribution in [-0.4, -0.2) is 17.2 Å². The molecule has 1 aromatic carbocycles. The molecule has 0 unspecified atom stereocenters. The van der Waals surface area contributed by atoms with Gasteiger partial charge in [0, 0.05) is 5.56 Å². The third kappa shape index (κ3) is 2.13. The zero-order valence-corrected chi connectivity index (χ0v) is 11.2. The van der Waals surface area contributed by atoms with Crippen LogP contribution in [0.4, 0.5) is 0 Å². The Labute approximate surface area is 105 Å². The van der Waals surface area contributed by atoms with Crippen molar-refractivity contribution in [2.75, 3.05) is 7.11 Å². The van der Waals surface area contributed by atoms with E-state index < -0.39 is 0 Å². The van der Waals surface area contributed by atoms with Gasteiger partial charge in [-0.05, 0) is 44.0 Å². The number of ether oxygens (including phenoxy) is 1. The second kappa shape index (κ2) is 4.37. The highest BCUT2D eigenvalue weighted by Crippen LogP contribution is 2.35. The molecule has 2 aromatic rings. The number of aromatic hydroxyl groups is 1. The summed E-state index contributed by atoms with van der Waals surface area (Å²) in [4.78, 5) is 4.35. The molecule has 0 bridgehead atoms. The first kappa shape index (κ1) is 11.9. The van der Waals surface area contributed by atoms with Crippen LogP contribution >= 0.6 is 11.3 Å². The molecule has 0 radical (unpaired) electrons. The predicted octanol–water partition coefficient (Wildman–Crippen LogP) is 3.45. The van der Waals surface area contributed by atoms with Crippen LogP contribution in [0.3, 0.4) is 0 Å². The van der Waals surface area contributed by atoms with Crippen molar-refractivity contribution in [1.29, 1.82) is 0 Å². The van der Waals surface area contributed by atoms with Crippen molar-refractivity contribution in [2.24, 2.45) is 0 Å². The molecule has 0 fully saturated rings. The fourth-order valence-electron chi connectivity index (χ4n) is 1.91. The van der Waals surface area contributed by atoms with Crippen molar-refractivity contribution in [2.45, 2.75) is 20.8 Å². The summed E-state index contributed by atoms with van der Waals surface area (Å²) in [6.45, 7) is 5.82. The molecule has 0 spiro atoms. The summed E-state index contributed by atoms with van der Waals surface area (Å²) < 4.78 is 5.33. The largest absolute Gasteiger partial charge is 0.498 e. The summed E-state index contributed by atoms with van der Waals surface area (Å²) in [5.74, 6) is 0.909. The van der Waals surface area contributed by atoms with E-state index in [0.29, 0.717) is 5.69 Å². The van der Waals surface area contributed by atoms with Crippen LogP contribution in [0.15, 0.2) is 12.1 Å². The van der Waals surface area contributed by atoms with Crippen LogP contribution in [0.25, 0.3) is 10.6 Å². The maximum absolute atomic E-state index is 9.57. The molecule has 4 heteroatoms. The molecule has 2 rings (SSSR count). The quantitative estimate of drug-likeness (QED) is 0.886. The van der Waals surface area contributed by atoms with E-state index in [2.05, 4.69) is 4.98 Å². The summed E-state index contributed by atoms with van der Waals surface area (Å²) >= 11 is 1.30. The van der Waals surface area contributed by atoms with E-state index in [1.165, 1.54) is 11.3 Å². The topological polar surface area (TPSA) is 42.4 Å². The van der Waals surface area contributed by atoms with Gasteiger partial charge in [-0.2, -0.15) is 0 Å². The van der Waals surface area contributed by atoms with Crippen molar-refractivity contribution in [1.82, 2.24) is 4.98 Å². The SMILES string of the molecule is COc1c(C)cc(-c2nc(C)c(O)s2)cc1C. The molecule has 0 aliphatic carbocycles. The number of thiazole rings is 1. The first-order chi connectivity index (χ1) is 8.02. The van der Waals surface area contributed by atoms with Crippen LogP contribution in [0.2, 0.25) is 0 Å². The third-order valence-corrected chi connectivity index (χ3v) is 3.69. The Morgan fingerprint density at radius 1 is 1.18 bits per heavy atom. The van der Waals surface area contributed by atoms with E-state index >= 15 is 0 Å². The average molecular weight is 249 g/mol.